The molecule has 0 unspecified atom stereocenters. The van der Waals surface area contributed by atoms with Crippen molar-refractivity contribution in [3.8, 4) is 5.75 Å². The Hall–Kier alpha value is -1.86. The minimum absolute atomic E-state index is 0.293. The summed E-state index contributed by atoms with van der Waals surface area (Å²) in [5.41, 5.74) is 0.988. The number of rotatable bonds is 11. The fourth-order valence-electron chi connectivity index (χ4n) is 3.86. The predicted octanol–water partition coefficient (Wildman–Crippen LogP) is 3.09. The normalized spacial score (nSPS) is 16.1. The second-order valence-electron chi connectivity index (χ2n) is 7.86. The Bertz CT molecular complexity index is 646. The first kappa shape index (κ1) is 24.4. The van der Waals surface area contributed by atoms with Gasteiger partial charge in [-0.25, -0.2) is 4.39 Å². The van der Waals surface area contributed by atoms with Crippen LogP contribution in [0.5, 0.6) is 5.75 Å². The molecule has 1 aliphatic heterocycles. The van der Waals surface area contributed by atoms with Gasteiger partial charge in [0.25, 0.3) is 0 Å². The minimum atomic E-state index is -0.293. The van der Waals surface area contributed by atoms with Gasteiger partial charge in [0.1, 0.15) is 0 Å². The van der Waals surface area contributed by atoms with Gasteiger partial charge in [0.15, 0.2) is 17.5 Å². The quantitative estimate of drug-likeness (QED) is 0.425. The van der Waals surface area contributed by atoms with Crippen molar-refractivity contribution in [3.05, 3.63) is 29.6 Å². The molecule has 0 aromatic heterocycles. The summed E-state index contributed by atoms with van der Waals surface area (Å²) in [6.07, 6.45) is 3.29. The predicted molar refractivity (Wildman–Crippen MR) is 123 cm³/mol. The molecule has 0 atom stereocenters. The second-order valence-corrected chi connectivity index (χ2v) is 7.86. The highest BCUT2D eigenvalue weighted by atomic mass is 19.1. The van der Waals surface area contributed by atoms with Crippen molar-refractivity contribution in [3.63, 3.8) is 0 Å². The molecular formula is C23H40FN5O. The monoisotopic (exact) mass is 421 g/mol. The van der Waals surface area contributed by atoms with Gasteiger partial charge in [-0.3, -0.25) is 9.89 Å². The number of likely N-dealkylation sites (tertiary alicyclic amines) is 1. The zero-order chi connectivity index (χ0) is 21.8. The first-order valence-electron chi connectivity index (χ1n) is 11.4. The molecule has 0 saturated carbocycles. The van der Waals surface area contributed by atoms with Crippen LogP contribution in [0.15, 0.2) is 23.2 Å². The van der Waals surface area contributed by atoms with Gasteiger partial charge in [0.05, 0.1) is 13.7 Å². The number of hydrogen-bond acceptors (Lipinski definition) is 4. The van der Waals surface area contributed by atoms with Crippen LogP contribution in [0.4, 0.5) is 4.39 Å². The van der Waals surface area contributed by atoms with E-state index in [4.69, 9.17) is 9.73 Å². The summed E-state index contributed by atoms with van der Waals surface area (Å²) in [5.74, 6) is 0.924. The van der Waals surface area contributed by atoms with Gasteiger partial charge in [-0.2, -0.15) is 0 Å². The van der Waals surface area contributed by atoms with Crippen LogP contribution in [-0.4, -0.2) is 74.7 Å². The number of benzene rings is 1. The Labute approximate surface area is 181 Å². The van der Waals surface area contributed by atoms with E-state index in [0.717, 1.165) is 76.7 Å². The van der Waals surface area contributed by atoms with Crippen molar-refractivity contribution in [2.24, 2.45) is 4.99 Å². The van der Waals surface area contributed by atoms with E-state index in [-0.39, 0.29) is 5.82 Å². The van der Waals surface area contributed by atoms with Crippen LogP contribution in [0.3, 0.4) is 0 Å². The van der Waals surface area contributed by atoms with Gasteiger partial charge in [0.2, 0.25) is 0 Å². The number of guanidine groups is 1. The smallest absolute Gasteiger partial charge is 0.191 e. The molecule has 1 aliphatic rings. The first-order valence-corrected chi connectivity index (χ1v) is 11.4. The maximum absolute atomic E-state index is 13.9. The third kappa shape index (κ3) is 8.11. The zero-order valence-electron chi connectivity index (χ0n) is 19.2. The molecule has 1 heterocycles. The molecule has 2 rings (SSSR count). The summed E-state index contributed by atoms with van der Waals surface area (Å²) >= 11 is 0. The number of nitrogens with one attached hydrogen (secondary N) is 2. The average molecular weight is 422 g/mol. The van der Waals surface area contributed by atoms with Gasteiger partial charge in [-0.05, 0) is 57.0 Å². The molecule has 1 aromatic rings. The maximum atomic E-state index is 13.9. The van der Waals surface area contributed by atoms with Gasteiger partial charge in [-0.1, -0.05) is 19.9 Å². The van der Waals surface area contributed by atoms with Crippen molar-refractivity contribution >= 4 is 5.96 Å². The summed E-state index contributed by atoms with van der Waals surface area (Å²) in [6, 6.07) is 5.65. The lowest BCUT2D eigenvalue weighted by atomic mass is 10.0. The lowest BCUT2D eigenvalue weighted by molar-refractivity contribution is 0.198. The Morgan fingerprint density at radius 3 is 2.60 bits per heavy atom. The standard InChI is InChI=1S/C23H40FN5O/c1-5-13-28(7-3)16-12-26-23(25-6-2)27-20-10-14-29(15-11-20)18-19-8-9-22(30-4)21(24)17-19/h8-9,17,20H,5-7,10-16,18H2,1-4H3,(H2,25,26,27). The largest absolute Gasteiger partial charge is 0.494 e. The molecule has 0 amide bonds. The van der Waals surface area contributed by atoms with Gasteiger partial charge >= 0.3 is 0 Å². The number of halogens is 1. The Morgan fingerprint density at radius 2 is 2.00 bits per heavy atom. The van der Waals surface area contributed by atoms with Crippen LogP contribution in [0.1, 0.15) is 45.6 Å². The lowest BCUT2D eigenvalue weighted by Crippen LogP contribution is -2.48. The molecule has 2 N–H and O–H groups in total. The molecule has 30 heavy (non-hydrogen) atoms. The van der Waals surface area contributed by atoms with Crippen LogP contribution in [0, 0.1) is 5.82 Å². The van der Waals surface area contributed by atoms with Crippen LogP contribution in [-0.2, 0) is 6.54 Å². The zero-order valence-corrected chi connectivity index (χ0v) is 19.2. The lowest BCUT2D eigenvalue weighted by Gasteiger charge is -2.33. The number of hydrogen-bond donors (Lipinski definition) is 2. The van der Waals surface area contributed by atoms with Crippen molar-refractivity contribution in [2.75, 3.05) is 52.9 Å². The number of piperidine rings is 1. The molecule has 7 heteroatoms. The van der Waals surface area contributed by atoms with Crippen molar-refractivity contribution in [1.82, 2.24) is 20.4 Å². The van der Waals surface area contributed by atoms with Gasteiger partial charge in [-0.15, -0.1) is 0 Å². The van der Waals surface area contributed by atoms with Gasteiger partial charge in [0, 0.05) is 38.8 Å². The SMILES string of the molecule is CCCN(CC)CCN=C(NCC)NC1CCN(Cc2ccc(OC)c(F)c2)CC1. The van der Waals surface area contributed by atoms with Crippen molar-refractivity contribution < 1.29 is 9.13 Å². The Kier molecular flexibility index (Phi) is 10.9. The molecule has 170 valence electrons. The minimum Gasteiger partial charge on any atom is -0.494 e. The van der Waals surface area contributed by atoms with Crippen molar-refractivity contribution in [1.29, 1.82) is 0 Å². The van der Waals surface area contributed by atoms with Crippen LogP contribution >= 0.6 is 0 Å². The average Bonchev–Trinajstić information content (AvgIpc) is 2.74. The van der Waals surface area contributed by atoms with Crippen LogP contribution in [0.2, 0.25) is 0 Å². The topological polar surface area (TPSA) is 52.1 Å². The van der Waals surface area contributed by atoms with E-state index < -0.39 is 0 Å². The third-order valence-corrected chi connectivity index (χ3v) is 5.57. The molecule has 1 saturated heterocycles. The van der Waals surface area contributed by atoms with Gasteiger partial charge < -0.3 is 20.3 Å². The molecule has 0 radical (unpaired) electrons. The molecule has 1 aromatic carbocycles. The number of nitrogens with zero attached hydrogens (tertiary/aromatic N) is 3. The number of aliphatic imine (C=N–C) groups is 1. The third-order valence-electron chi connectivity index (χ3n) is 5.57. The highest BCUT2D eigenvalue weighted by Gasteiger charge is 2.20. The van der Waals surface area contributed by atoms with E-state index in [1.807, 2.05) is 6.07 Å². The van der Waals surface area contributed by atoms with E-state index in [1.54, 1.807) is 12.1 Å². The van der Waals surface area contributed by atoms with Crippen LogP contribution in [0.25, 0.3) is 0 Å². The summed E-state index contributed by atoms with van der Waals surface area (Å²) in [7, 11) is 1.49. The number of likely N-dealkylation sites (N-methyl/N-ethyl adjacent to an activating group) is 1. The van der Waals surface area contributed by atoms with E-state index in [9.17, 15) is 4.39 Å². The summed E-state index contributed by atoms with van der Waals surface area (Å²) in [6.45, 7) is 14.1. The summed E-state index contributed by atoms with van der Waals surface area (Å²) in [5, 5.41) is 6.98. The molecular weight excluding hydrogens is 381 g/mol. The number of ether oxygens (including phenoxy) is 1. The Morgan fingerprint density at radius 1 is 1.23 bits per heavy atom. The summed E-state index contributed by atoms with van der Waals surface area (Å²) < 4.78 is 18.9. The molecule has 0 aliphatic carbocycles. The van der Waals surface area contributed by atoms with Crippen LogP contribution < -0.4 is 15.4 Å². The molecule has 0 spiro atoms. The maximum Gasteiger partial charge on any atom is 0.191 e. The fourth-order valence-corrected chi connectivity index (χ4v) is 3.86. The molecule has 0 bridgehead atoms. The fraction of sp³-hybridized carbons (Fsp3) is 0.696. The summed E-state index contributed by atoms with van der Waals surface area (Å²) in [4.78, 5) is 9.60. The highest BCUT2D eigenvalue weighted by molar-refractivity contribution is 5.80. The second kappa shape index (κ2) is 13.4. The molecule has 1 fully saturated rings. The van der Waals surface area contributed by atoms with Crippen molar-refractivity contribution in [2.45, 2.75) is 52.6 Å². The van der Waals surface area contributed by atoms with E-state index >= 15 is 0 Å². The van der Waals surface area contributed by atoms with E-state index in [1.165, 1.54) is 13.5 Å². The Balaban J connectivity index is 1.79. The highest BCUT2D eigenvalue weighted by Crippen LogP contribution is 2.20. The van der Waals surface area contributed by atoms with E-state index in [0.29, 0.717) is 11.8 Å². The number of methoxy groups -OCH3 is 1. The first-order chi connectivity index (χ1) is 14.6. The molecule has 6 nitrogen and oxygen atoms in total. The van der Waals surface area contributed by atoms with E-state index in [2.05, 4.69) is 41.2 Å².